The minimum absolute atomic E-state index is 0.177. The Labute approximate surface area is 126 Å². The number of sulfonamides is 1. The van der Waals surface area contributed by atoms with Crippen LogP contribution in [0.15, 0.2) is 34.5 Å². The molecule has 0 unspecified atom stereocenters. The molecule has 0 saturated carbocycles. The first-order chi connectivity index (χ1) is 9.59. The van der Waals surface area contributed by atoms with Crippen LogP contribution in [0.1, 0.15) is 5.56 Å². The van der Waals surface area contributed by atoms with Crippen molar-refractivity contribution in [3.05, 3.63) is 40.2 Å². The largest absolute Gasteiger partial charge is 0.506 e. The lowest BCUT2D eigenvalue weighted by atomic mass is 10.2. The lowest BCUT2D eigenvalue weighted by molar-refractivity contribution is -0.137. The van der Waals surface area contributed by atoms with Crippen molar-refractivity contribution in [3.63, 3.8) is 0 Å². The predicted molar refractivity (Wildman–Crippen MR) is 73.2 cm³/mol. The molecule has 0 aliphatic heterocycles. The molecule has 0 aliphatic rings. The number of halogens is 4. The van der Waals surface area contributed by atoms with Gasteiger partial charge in [-0.15, -0.1) is 11.3 Å². The monoisotopic (exact) mass is 357 g/mol. The summed E-state index contributed by atoms with van der Waals surface area (Å²) >= 11 is 6.35. The Morgan fingerprint density at radius 2 is 1.86 bits per heavy atom. The van der Waals surface area contributed by atoms with Crippen molar-refractivity contribution in [2.24, 2.45) is 0 Å². The SMILES string of the molecule is O=S(=O)(Nc1cc(C(F)(F)F)ccc1O)c1ccc(Cl)s1. The van der Waals surface area contributed by atoms with Crippen molar-refractivity contribution in [1.82, 2.24) is 0 Å². The number of nitrogens with one attached hydrogen (secondary N) is 1. The fourth-order valence-corrected chi connectivity index (χ4v) is 3.98. The van der Waals surface area contributed by atoms with Gasteiger partial charge in [-0.1, -0.05) is 11.6 Å². The van der Waals surface area contributed by atoms with Crippen LogP contribution in [0, 0.1) is 0 Å². The highest BCUT2D eigenvalue weighted by atomic mass is 35.5. The molecule has 2 rings (SSSR count). The van der Waals surface area contributed by atoms with Crippen LogP contribution in [0.5, 0.6) is 5.75 Å². The average molecular weight is 358 g/mol. The van der Waals surface area contributed by atoms with Crippen LogP contribution in [0.25, 0.3) is 0 Å². The number of rotatable bonds is 3. The van der Waals surface area contributed by atoms with Gasteiger partial charge in [0.2, 0.25) is 0 Å². The van der Waals surface area contributed by atoms with Gasteiger partial charge in [-0.05, 0) is 30.3 Å². The summed E-state index contributed by atoms with van der Waals surface area (Å²) in [7, 11) is -4.12. The summed E-state index contributed by atoms with van der Waals surface area (Å²) in [6.45, 7) is 0. The van der Waals surface area contributed by atoms with Crippen LogP contribution in [0.3, 0.4) is 0 Å². The van der Waals surface area contributed by atoms with Gasteiger partial charge in [0.15, 0.2) is 0 Å². The van der Waals surface area contributed by atoms with E-state index in [9.17, 15) is 26.7 Å². The summed E-state index contributed by atoms with van der Waals surface area (Å²) in [5.41, 5.74) is -1.64. The maximum Gasteiger partial charge on any atom is 0.416 e. The van der Waals surface area contributed by atoms with Crippen molar-refractivity contribution < 1.29 is 26.7 Å². The van der Waals surface area contributed by atoms with Crippen molar-refractivity contribution >= 4 is 38.6 Å². The molecule has 21 heavy (non-hydrogen) atoms. The van der Waals surface area contributed by atoms with Crippen LogP contribution >= 0.6 is 22.9 Å². The third-order valence-corrected chi connectivity index (χ3v) is 5.47. The molecule has 1 heterocycles. The number of phenolic OH excluding ortho intramolecular Hbond substituents is 1. The van der Waals surface area contributed by atoms with Gasteiger partial charge in [-0.25, -0.2) is 8.42 Å². The molecular formula is C11H7ClF3NO3S2. The average Bonchev–Trinajstić information content (AvgIpc) is 2.78. The molecule has 0 amide bonds. The number of aromatic hydroxyl groups is 1. The van der Waals surface area contributed by atoms with E-state index in [2.05, 4.69) is 0 Å². The number of anilines is 1. The van der Waals surface area contributed by atoms with E-state index in [1.165, 1.54) is 12.1 Å². The summed E-state index contributed by atoms with van der Waals surface area (Å²) in [4.78, 5) is 0. The number of hydrogen-bond donors (Lipinski definition) is 2. The molecule has 0 radical (unpaired) electrons. The van der Waals surface area contributed by atoms with Gasteiger partial charge in [0.25, 0.3) is 10.0 Å². The van der Waals surface area contributed by atoms with Gasteiger partial charge in [0.05, 0.1) is 15.6 Å². The quantitative estimate of drug-likeness (QED) is 0.818. The predicted octanol–water partition coefficient (Wildman–Crippen LogP) is 3.93. The van der Waals surface area contributed by atoms with E-state index in [0.29, 0.717) is 12.1 Å². The molecule has 1 aromatic carbocycles. The van der Waals surface area contributed by atoms with Crippen LogP contribution < -0.4 is 4.72 Å². The Kier molecular flexibility index (Phi) is 4.09. The van der Waals surface area contributed by atoms with Crippen LogP contribution in [0.4, 0.5) is 18.9 Å². The van der Waals surface area contributed by atoms with E-state index in [4.69, 9.17) is 11.6 Å². The normalized spacial score (nSPS) is 12.4. The number of phenols is 1. The first-order valence-electron chi connectivity index (χ1n) is 5.28. The van der Waals surface area contributed by atoms with E-state index < -0.39 is 33.2 Å². The molecule has 0 spiro atoms. The van der Waals surface area contributed by atoms with Gasteiger partial charge in [0, 0.05) is 0 Å². The zero-order valence-electron chi connectivity index (χ0n) is 9.98. The Balaban J connectivity index is 2.39. The Morgan fingerprint density at radius 3 is 2.38 bits per heavy atom. The molecule has 114 valence electrons. The lowest BCUT2D eigenvalue weighted by Gasteiger charge is -2.12. The topological polar surface area (TPSA) is 66.4 Å². The van der Waals surface area contributed by atoms with Crippen LogP contribution in [-0.2, 0) is 16.2 Å². The second-order valence-corrected chi connectivity index (χ2v) is 7.52. The number of thiophene rings is 1. The number of benzene rings is 1. The molecule has 0 bridgehead atoms. The Hall–Kier alpha value is -1.45. The van der Waals surface area contributed by atoms with Crippen molar-refractivity contribution in [2.45, 2.75) is 10.4 Å². The summed E-state index contributed by atoms with van der Waals surface area (Å²) in [5.74, 6) is -0.616. The Bertz CT molecular complexity index is 771. The van der Waals surface area contributed by atoms with Crippen LogP contribution in [0.2, 0.25) is 4.34 Å². The molecular weight excluding hydrogens is 351 g/mol. The van der Waals surface area contributed by atoms with E-state index in [0.717, 1.165) is 17.4 Å². The van der Waals surface area contributed by atoms with E-state index in [1.807, 2.05) is 4.72 Å². The molecule has 0 atom stereocenters. The fraction of sp³-hybridized carbons (Fsp3) is 0.0909. The van der Waals surface area contributed by atoms with Gasteiger partial charge in [0.1, 0.15) is 9.96 Å². The molecule has 10 heteroatoms. The number of alkyl halides is 3. The number of hydrogen-bond acceptors (Lipinski definition) is 4. The molecule has 0 aliphatic carbocycles. The van der Waals surface area contributed by atoms with Crippen LogP contribution in [-0.4, -0.2) is 13.5 Å². The maximum absolute atomic E-state index is 12.6. The molecule has 0 fully saturated rings. The maximum atomic E-state index is 12.6. The second kappa shape index (κ2) is 5.39. The highest BCUT2D eigenvalue weighted by Crippen LogP contribution is 2.36. The Morgan fingerprint density at radius 1 is 1.19 bits per heavy atom. The van der Waals surface area contributed by atoms with Gasteiger partial charge in [-0.2, -0.15) is 13.2 Å². The van der Waals surface area contributed by atoms with Gasteiger partial charge >= 0.3 is 6.18 Å². The first kappa shape index (κ1) is 15.9. The standard InChI is InChI=1S/C11H7ClF3NO3S2/c12-9-3-4-10(20-9)21(18,19)16-7-5-6(11(13,14)15)1-2-8(7)17/h1-5,16-17H. The minimum Gasteiger partial charge on any atom is -0.506 e. The third kappa shape index (κ3) is 3.60. The van der Waals surface area contributed by atoms with Crippen molar-refractivity contribution in [3.8, 4) is 5.75 Å². The molecule has 4 nitrogen and oxygen atoms in total. The molecule has 2 aromatic rings. The van der Waals surface area contributed by atoms with E-state index >= 15 is 0 Å². The third-order valence-electron chi connectivity index (χ3n) is 2.38. The second-order valence-electron chi connectivity index (χ2n) is 3.89. The van der Waals surface area contributed by atoms with E-state index in [1.54, 1.807) is 0 Å². The van der Waals surface area contributed by atoms with Crippen molar-refractivity contribution in [2.75, 3.05) is 4.72 Å². The van der Waals surface area contributed by atoms with E-state index in [-0.39, 0.29) is 8.55 Å². The zero-order valence-corrected chi connectivity index (χ0v) is 12.4. The lowest BCUT2D eigenvalue weighted by Crippen LogP contribution is -2.13. The highest BCUT2D eigenvalue weighted by Gasteiger charge is 2.31. The molecule has 2 N–H and O–H groups in total. The highest BCUT2D eigenvalue weighted by molar-refractivity contribution is 7.94. The first-order valence-corrected chi connectivity index (χ1v) is 7.96. The summed E-state index contributed by atoms with van der Waals surface area (Å²) < 4.78 is 63.6. The molecule has 1 aromatic heterocycles. The zero-order chi connectivity index (χ0) is 15.8. The summed E-state index contributed by atoms with van der Waals surface area (Å²) in [5, 5.41) is 9.50. The van der Waals surface area contributed by atoms with Crippen molar-refractivity contribution in [1.29, 1.82) is 0 Å². The van der Waals surface area contributed by atoms with Gasteiger partial charge in [-0.3, -0.25) is 4.72 Å². The summed E-state index contributed by atoms with van der Waals surface area (Å²) in [6.07, 6.45) is -4.65. The molecule has 0 saturated heterocycles. The van der Waals surface area contributed by atoms with Gasteiger partial charge < -0.3 is 5.11 Å². The smallest absolute Gasteiger partial charge is 0.416 e. The summed E-state index contributed by atoms with van der Waals surface area (Å²) in [6, 6.07) is 4.48. The minimum atomic E-state index is -4.65. The fourth-order valence-electron chi connectivity index (χ4n) is 1.43.